The maximum Gasteiger partial charge on any atom is 0.318 e. The molecule has 0 saturated heterocycles. The van der Waals surface area contributed by atoms with Gasteiger partial charge in [-0.05, 0) is 48.1 Å². The summed E-state index contributed by atoms with van der Waals surface area (Å²) in [7, 11) is 1.99. The Hall–Kier alpha value is -2.34. The minimum atomic E-state index is -0.0184. The molecule has 6 heteroatoms. The van der Waals surface area contributed by atoms with Crippen molar-refractivity contribution in [2.75, 3.05) is 6.54 Å². The van der Waals surface area contributed by atoms with E-state index in [-0.39, 0.29) is 6.03 Å². The van der Waals surface area contributed by atoms with Crippen molar-refractivity contribution in [2.45, 2.75) is 26.4 Å². The molecule has 124 valence electrons. The van der Waals surface area contributed by atoms with E-state index >= 15 is 0 Å². The summed E-state index contributed by atoms with van der Waals surface area (Å²) in [6, 6.07) is 8.33. The van der Waals surface area contributed by atoms with E-state index < -0.39 is 0 Å². The Labute approximate surface area is 144 Å². The van der Waals surface area contributed by atoms with Gasteiger partial charge in [-0.25, -0.2) is 9.78 Å². The van der Waals surface area contributed by atoms with Gasteiger partial charge in [0.1, 0.15) is 5.82 Å². The Morgan fingerprint density at radius 2 is 2.25 bits per heavy atom. The molecule has 1 N–H and O–H groups in total. The minimum Gasteiger partial charge on any atom is -0.331 e. The highest BCUT2D eigenvalue weighted by atomic mass is 32.1. The number of fused-ring (bicyclic) bond motifs is 2. The van der Waals surface area contributed by atoms with Crippen LogP contribution in [0.4, 0.5) is 4.79 Å². The second-order valence-corrected chi connectivity index (χ2v) is 7.28. The lowest BCUT2D eigenvalue weighted by molar-refractivity contribution is 0.192. The Morgan fingerprint density at radius 1 is 1.38 bits per heavy atom. The third-order valence-corrected chi connectivity index (χ3v) is 5.64. The van der Waals surface area contributed by atoms with E-state index in [2.05, 4.69) is 46.9 Å². The first-order valence-corrected chi connectivity index (χ1v) is 9.00. The second-order valence-electron chi connectivity index (χ2n) is 6.28. The number of thiophene rings is 1. The lowest BCUT2D eigenvalue weighted by Crippen LogP contribution is -2.42. The smallest absolute Gasteiger partial charge is 0.318 e. The summed E-state index contributed by atoms with van der Waals surface area (Å²) in [6.07, 6.45) is 0.950. The van der Waals surface area contributed by atoms with E-state index in [1.807, 2.05) is 16.5 Å². The van der Waals surface area contributed by atoms with Gasteiger partial charge in [0.15, 0.2) is 0 Å². The van der Waals surface area contributed by atoms with Gasteiger partial charge in [0.2, 0.25) is 0 Å². The third kappa shape index (κ3) is 2.67. The molecular formula is C18H20N4OS. The maximum absolute atomic E-state index is 12.5. The topological polar surface area (TPSA) is 50.2 Å². The highest BCUT2D eigenvalue weighted by Crippen LogP contribution is 2.24. The van der Waals surface area contributed by atoms with Crippen molar-refractivity contribution in [3.8, 4) is 0 Å². The zero-order chi connectivity index (χ0) is 16.7. The number of carbonyl (C=O) groups excluding carboxylic acids is 1. The van der Waals surface area contributed by atoms with Crippen molar-refractivity contribution in [2.24, 2.45) is 7.05 Å². The van der Waals surface area contributed by atoms with Gasteiger partial charge in [-0.3, -0.25) is 0 Å². The Kier molecular flexibility index (Phi) is 3.76. The fraction of sp³-hybridized carbons (Fsp3) is 0.333. The molecule has 2 amide bonds. The average molecular weight is 340 g/mol. The first-order chi connectivity index (χ1) is 11.6. The molecule has 1 aromatic carbocycles. The van der Waals surface area contributed by atoms with Crippen LogP contribution >= 0.6 is 11.3 Å². The van der Waals surface area contributed by atoms with Crippen molar-refractivity contribution >= 4 is 28.4 Å². The Balaban J connectivity index is 1.45. The quantitative estimate of drug-likeness (QED) is 0.779. The molecule has 0 spiro atoms. The standard InChI is InChI=1S/C18H20N4OS/c1-12-3-4-15-14(9-12)20-17(21(15)2)10-19-18(23)22-7-5-16-13(11-22)6-8-24-16/h3-4,6,8-9H,5,7,10-11H2,1-2H3,(H,19,23). The lowest BCUT2D eigenvalue weighted by Gasteiger charge is -2.27. The van der Waals surface area contributed by atoms with Gasteiger partial charge in [-0.2, -0.15) is 0 Å². The molecule has 0 fully saturated rings. The van der Waals surface area contributed by atoms with Crippen molar-refractivity contribution in [3.05, 3.63) is 51.5 Å². The number of carbonyl (C=O) groups is 1. The minimum absolute atomic E-state index is 0.0184. The summed E-state index contributed by atoms with van der Waals surface area (Å²) in [4.78, 5) is 20.4. The van der Waals surface area contributed by atoms with Gasteiger partial charge in [0, 0.05) is 25.0 Å². The Bertz CT molecular complexity index is 911. The number of aromatic nitrogens is 2. The van der Waals surface area contributed by atoms with Crippen molar-refractivity contribution in [3.63, 3.8) is 0 Å². The SMILES string of the molecule is Cc1ccc2c(c1)nc(CNC(=O)N1CCc3sccc3C1)n2C. The molecule has 0 bridgehead atoms. The molecule has 0 unspecified atom stereocenters. The van der Waals surface area contributed by atoms with Crippen LogP contribution in [0.2, 0.25) is 0 Å². The van der Waals surface area contributed by atoms with E-state index in [0.29, 0.717) is 13.1 Å². The van der Waals surface area contributed by atoms with Crippen molar-refractivity contribution in [1.82, 2.24) is 19.8 Å². The van der Waals surface area contributed by atoms with Gasteiger partial charge < -0.3 is 14.8 Å². The van der Waals surface area contributed by atoms with Gasteiger partial charge in [-0.15, -0.1) is 11.3 Å². The largest absolute Gasteiger partial charge is 0.331 e. The molecule has 0 atom stereocenters. The lowest BCUT2D eigenvalue weighted by atomic mass is 10.1. The number of rotatable bonds is 2. The fourth-order valence-corrected chi connectivity index (χ4v) is 4.10. The number of amides is 2. The predicted molar refractivity (Wildman–Crippen MR) is 96.1 cm³/mol. The number of nitrogens with one attached hydrogen (secondary N) is 1. The number of benzene rings is 1. The van der Waals surface area contributed by atoms with Crippen LogP contribution in [0.3, 0.4) is 0 Å². The van der Waals surface area contributed by atoms with Crippen molar-refractivity contribution in [1.29, 1.82) is 0 Å². The van der Waals surface area contributed by atoms with Crippen LogP contribution in [-0.2, 0) is 26.6 Å². The monoisotopic (exact) mass is 340 g/mol. The zero-order valence-electron chi connectivity index (χ0n) is 13.9. The molecule has 0 aliphatic carbocycles. The highest BCUT2D eigenvalue weighted by molar-refractivity contribution is 7.10. The van der Waals surface area contributed by atoms with Gasteiger partial charge in [-0.1, -0.05) is 6.07 Å². The summed E-state index contributed by atoms with van der Waals surface area (Å²) in [5.41, 5.74) is 4.53. The molecular weight excluding hydrogens is 320 g/mol. The third-order valence-electron chi connectivity index (χ3n) is 4.62. The molecule has 5 nitrogen and oxygen atoms in total. The van der Waals surface area contributed by atoms with Crippen LogP contribution in [0.1, 0.15) is 21.8 Å². The van der Waals surface area contributed by atoms with Crippen LogP contribution in [0.15, 0.2) is 29.6 Å². The number of aryl methyl sites for hydroxylation is 2. The van der Waals surface area contributed by atoms with E-state index in [0.717, 1.165) is 29.8 Å². The first kappa shape index (κ1) is 15.2. The van der Waals surface area contributed by atoms with E-state index in [4.69, 9.17) is 0 Å². The van der Waals surface area contributed by atoms with Gasteiger partial charge >= 0.3 is 6.03 Å². The molecule has 0 saturated carbocycles. The number of urea groups is 1. The summed E-state index contributed by atoms with van der Waals surface area (Å²) in [6.45, 7) is 3.98. The molecule has 3 aromatic rings. The Morgan fingerprint density at radius 3 is 3.12 bits per heavy atom. The molecule has 24 heavy (non-hydrogen) atoms. The van der Waals surface area contributed by atoms with Gasteiger partial charge in [0.05, 0.1) is 17.6 Å². The maximum atomic E-state index is 12.5. The predicted octanol–water partition coefficient (Wildman–Crippen LogP) is 3.21. The van der Waals surface area contributed by atoms with Crippen LogP contribution in [0.25, 0.3) is 11.0 Å². The van der Waals surface area contributed by atoms with Crippen LogP contribution in [0.5, 0.6) is 0 Å². The molecule has 4 rings (SSSR count). The highest BCUT2D eigenvalue weighted by Gasteiger charge is 2.21. The summed E-state index contributed by atoms with van der Waals surface area (Å²) in [5.74, 6) is 0.872. The van der Waals surface area contributed by atoms with E-state index in [1.54, 1.807) is 11.3 Å². The summed E-state index contributed by atoms with van der Waals surface area (Å²) >= 11 is 1.78. The average Bonchev–Trinajstić information content (AvgIpc) is 3.16. The first-order valence-electron chi connectivity index (χ1n) is 8.12. The second kappa shape index (κ2) is 5.94. The van der Waals surface area contributed by atoms with E-state index in [1.165, 1.54) is 16.0 Å². The molecule has 3 heterocycles. The fourth-order valence-electron chi connectivity index (χ4n) is 3.21. The summed E-state index contributed by atoms with van der Waals surface area (Å²) in [5, 5.41) is 5.12. The van der Waals surface area contributed by atoms with E-state index in [9.17, 15) is 4.79 Å². The number of nitrogens with zero attached hydrogens (tertiary/aromatic N) is 3. The van der Waals surface area contributed by atoms with Crippen LogP contribution < -0.4 is 5.32 Å². The molecule has 1 aliphatic rings. The number of hydrogen-bond donors (Lipinski definition) is 1. The van der Waals surface area contributed by atoms with Crippen LogP contribution in [0, 0.1) is 6.92 Å². The normalized spacial score (nSPS) is 14.0. The van der Waals surface area contributed by atoms with Crippen LogP contribution in [-0.4, -0.2) is 27.0 Å². The summed E-state index contributed by atoms with van der Waals surface area (Å²) < 4.78 is 2.04. The zero-order valence-corrected chi connectivity index (χ0v) is 14.7. The molecule has 2 aromatic heterocycles. The number of imidazole rings is 1. The molecule has 1 aliphatic heterocycles. The van der Waals surface area contributed by atoms with Gasteiger partial charge in [0.25, 0.3) is 0 Å². The van der Waals surface area contributed by atoms with Crippen molar-refractivity contribution < 1.29 is 4.79 Å². The number of hydrogen-bond acceptors (Lipinski definition) is 3. The molecule has 0 radical (unpaired) electrons.